The third-order valence-corrected chi connectivity index (χ3v) is 9.01. The summed E-state index contributed by atoms with van der Waals surface area (Å²) in [6.45, 7) is 4.48. The minimum atomic E-state index is 0.134. The molecule has 0 radical (unpaired) electrons. The minimum absolute atomic E-state index is 0.134. The highest BCUT2D eigenvalue weighted by molar-refractivity contribution is 8.18. The molecule has 7 heteroatoms. The van der Waals surface area contributed by atoms with Crippen LogP contribution in [0.1, 0.15) is 81.2 Å². The van der Waals surface area contributed by atoms with E-state index in [4.69, 9.17) is 14.5 Å². The van der Waals surface area contributed by atoms with Gasteiger partial charge in [-0.15, -0.1) is 0 Å². The zero-order valence-corrected chi connectivity index (χ0v) is 22.1. The number of rotatable bonds is 4. The minimum Gasteiger partial charge on any atom is -0.454 e. The number of hydrogen-bond donors (Lipinski definition) is 0. The number of aromatic nitrogens is 1. The molecule has 1 aromatic heterocycles. The number of fused-ring (bicyclic) bond motifs is 1. The van der Waals surface area contributed by atoms with Crippen LogP contribution < -0.4 is 9.47 Å². The van der Waals surface area contributed by atoms with E-state index in [-0.39, 0.29) is 18.7 Å². The SMILES string of the molecule is Cc1cc(C=C2SC(=NC3CCCCC3)N(C3CCCCC3)C2=O)c(C)n1-c1ccc2c(c1)OCO2. The zero-order chi connectivity index (χ0) is 24.6. The fourth-order valence-corrected chi connectivity index (χ4v) is 7.20. The van der Waals surface area contributed by atoms with Crippen molar-refractivity contribution < 1.29 is 14.3 Å². The van der Waals surface area contributed by atoms with Crippen LogP contribution in [0.2, 0.25) is 0 Å². The highest BCUT2D eigenvalue weighted by Gasteiger charge is 2.39. The second-order valence-corrected chi connectivity index (χ2v) is 11.5. The molecule has 190 valence electrons. The lowest BCUT2D eigenvalue weighted by molar-refractivity contribution is -0.124. The van der Waals surface area contributed by atoms with Crippen molar-refractivity contribution in [3.8, 4) is 17.2 Å². The Morgan fingerprint density at radius 2 is 1.67 bits per heavy atom. The van der Waals surface area contributed by atoms with Gasteiger partial charge in [-0.3, -0.25) is 14.7 Å². The maximum absolute atomic E-state index is 13.8. The van der Waals surface area contributed by atoms with Crippen molar-refractivity contribution in [2.45, 2.75) is 90.1 Å². The molecule has 1 amide bonds. The van der Waals surface area contributed by atoms with Crippen molar-refractivity contribution in [1.29, 1.82) is 0 Å². The van der Waals surface area contributed by atoms with Gasteiger partial charge in [-0.05, 0) is 81.1 Å². The molecule has 0 atom stereocenters. The van der Waals surface area contributed by atoms with Gasteiger partial charge in [0, 0.05) is 29.2 Å². The Morgan fingerprint density at radius 1 is 0.944 bits per heavy atom. The molecule has 2 aliphatic heterocycles. The standard InChI is InChI=1S/C29H35N3O3S/c1-19-15-21(20(2)31(19)24-13-14-25-26(17-24)35-18-34-25)16-27-28(33)32(23-11-7-4-8-12-23)29(36-27)30-22-9-5-3-6-10-22/h13-17,22-23H,3-12,18H2,1-2H3. The summed E-state index contributed by atoms with van der Waals surface area (Å²) < 4.78 is 13.3. The lowest BCUT2D eigenvalue weighted by atomic mass is 9.94. The number of aliphatic imine (C=N–C) groups is 1. The van der Waals surface area contributed by atoms with E-state index in [0.717, 1.165) is 69.9 Å². The normalized spacial score (nSPS) is 23.4. The van der Waals surface area contributed by atoms with Gasteiger partial charge in [0.15, 0.2) is 16.7 Å². The molecule has 36 heavy (non-hydrogen) atoms. The number of aryl methyl sites for hydroxylation is 1. The molecule has 2 aromatic rings. The summed E-state index contributed by atoms with van der Waals surface area (Å²) >= 11 is 1.59. The number of ether oxygens (including phenoxy) is 2. The average Bonchev–Trinajstić information content (AvgIpc) is 3.56. The van der Waals surface area contributed by atoms with Crippen molar-refractivity contribution in [1.82, 2.24) is 9.47 Å². The lowest BCUT2D eigenvalue weighted by Crippen LogP contribution is -2.41. The first-order valence-electron chi connectivity index (χ1n) is 13.5. The van der Waals surface area contributed by atoms with Crippen LogP contribution in [0.25, 0.3) is 11.8 Å². The summed E-state index contributed by atoms with van der Waals surface area (Å²) in [7, 11) is 0. The fourth-order valence-electron chi connectivity index (χ4n) is 6.10. The Hall–Kier alpha value is -2.67. The first-order valence-corrected chi connectivity index (χ1v) is 14.3. The number of amides is 1. The summed E-state index contributed by atoms with van der Waals surface area (Å²) in [6, 6.07) is 8.85. The smallest absolute Gasteiger partial charge is 0.267 e. The van der Waals surface area contributed by atoms with E-state index in [9.17, 15) is 4.79 Å². The number of carbonyl (C=O) groups excluding carboxylic acids is 1. The average molecular weight is 506 g/mol. The Kier molecular flexibility index (Phi) is 6.59. The summed E-state index contributed by atoms with van der Waals surface area (Å²) in [5.41, 5.74) is 4.33. The molecule has 0 spiro atoms. The number of thioether (sulfide) groups is 1. The third kappa shape index (κ3) is 4.47. The van der Waals surface area contributed by atoms with Crippen LogP contribution in [0.15, 0.2) is 34.2 Å². The van der Waals surface area contributed by atoms with Crippen LogP contribution in [-0.4, -0.2) is 39.4 Å². The topological polar surface area (TPSA) is 56.1 Å². The molecule has 4 aliphatic rings. The molecule has 0 N–H and O–H groups in total. The molecule has 1 saturated heterocycles. The Bertz CT molecular complexity index is 1220. The van der Waals surface area contributed by atoms with Crippen molar-refractivity contribution in [3.63, 3.8) is 0 Å². The van der Waals surface area contributed by atoms with E-state index in [1.165, 1.54) is 38.5 Å². The summed E-state index contributed by atoms with van der Waals surface area (Å²) in [6.07, 6.45) is 14.0. The van der Waals surface area contributed by atoms with Gasteiger partial charge in [-0.1, -0.05) is 38.5 Å². The van der Waals surface area contributed by atoms with Crippen LogP contribution in [-0.2, 0) is 4.79 Å². The number of carbonyl (C=O) groups is 1. The van der Waals surface area contributed by atoms with Gasteiger partial charge in [0.2, 0.25) is 6.79 Å². The quantitative estimate of drug-likeness (QED) is 0.431. The second kappa shape index (κ2) is 10.0. The van der Waals surface area contributed by atoms with Crippen LogP contribution in [0.5, 0.6) is 11.5 Å². The van der Waals surface area contributed by atoms with Crippen LogP contribution >= 0.6 is 11.8 Å². The first-order chi connectivity index (χ1) is 17.6. The molecule has 2 saturated carbocycles. The Morgan fingerprint density at radius 3 is 2.44 bits per heavy atom. The van der Waals surface area contributed by atoms with Gasteiger partial charge in [0.05, 0.1) is 10.9 Å². The summed E-state index contributed by atoms with van der Waals surface area (Å²) in [5, 5.41) is 0.939. The van der Waals surface area contributed by atoms with Gasteiger partial charge >= 0.3 is 0 Å². The van der Waals surface area contributed by atoms with Crippen molar-refractivity contribution in [3.05, 3.63) is 46.1 Å². The molecule has 0 bridgehead atoms. The van der Waals surface area contributed by atoms with Gasteiger partial charge in [0.25, 0.3) is 5.91 Å². The highest BCUT2D eigenvalue weighted by Crippen LogP contribution is 2.40. The maximum atomic E-state index is 13.8. The van der Waals surface area contributed by atoms with Gasteiger partial charge in [-0.2, -0.15) is 0 Å². The zero-order valence-electron chi connectivity index (χ0n) is 21.3. The van der Waals surface area contributed by atoms with Crippen molar-refractivity contribution in [2.24, 2.45) is 4.99 Å². The van der Waals surface area contributed by atoms with Gasteiger partial charge in [-0.25, -0.2) is 0 Å². The molecule has 3 fully saturated rings. The Labute approximate surface area is 217 Å². The van der Waals surface area contributed by atoms with E-state index < -0.39 is 0 Å². The molecule has 2 aliphatic carbocycles. The van der Waals surface area contributed by atoms with E-state index >= 15 is 0 Å². The van der Waals surface area contributed by atoms with Crippen LogP contribution in [0.3, 0.4) is 0 Å². The fraction of sp³-hybridized carbons (Fsp3) is 0.517. The summed E-state index contributed by atoms with van der Waals surface area (Å²) in [4.78, 5) is 21.8. The largest absolute Gasteiger partial charge is 0.454 e. The number of benzene rings is 1. The van der Waals surface area contributed by atoms with Crippen LogP contribution in [0.4, 0.5) is 0 Å². The molecule has 0 unspecified atom stereocenters. The Balaban J connectivity index is 1.33. The summed E-state index contributed by atoms with van der Waals surface area (Å²) in [5.74, 6) is 1.69. The monoisotopic (exact) mass is 505 g/mol. The number of amidine groups is 1. The van der Waals surface area contributed by atoms with Crippen molar-refractivity contribution in [2.75, 3.05) is 6.79 Å². The molecule has 3 heterocycles. The van der Waals surface area contributed by atoms with Crippen molar-refractivity contribution >= 4 is 28.9 Å². The molecular formula is C29H35N3O3S. The van der Waals surface area contributed by atoms with E-state index in [0.29, 0.717) is 6.04 Å². The molecule has 6 rings (SSSR count). The predicted molar refractivity (Wildman–Crippen MR) is 145 cm³/mol. The molecule has 1 aromatic carbocycles. The predicted octanol–water partition coefficient (Wildman–Crippen LogP) is 6.76. The van der Waals surface area contributed by atoms with Crippen LogP contribution in [0, 0.1) is 13.8 Å². The molecule has 6 nitrogen and oxygen atoms in total. The maximum Gasteiger partial charge on any atom is 0.267 e. The molecular weight excluding hydrogens is 470 g/mol. The van der Waals surface area contributed by atoms with E-state index in [1.54, 1.807) is 11.8 Å². The number of hydrogen-bond acceptors (Lipinski definition) is 5. The third-order valence-electron chi connectivity index (χ3n) is 8.02. The second-order valence-electron chi connectivity index (χ2n) is 10.5. The first kappa shape index (κ1) is 23.7. The van der Waals surface area contributed by atoms with E-state index in [2.05, 4.69) is 41.5 Å². The highest BCUT2D eigenvalue weighted by atomic mass is 32.2. The van der Waals surface area contributed by atoms with Gasteiger partial charge < -0.3 is 14.0 Å². The van der Waals surface area contributed by atoms with E-state index in [1.807, 2.05) is 12.1 Å². The van der Waals surface area contributed by atoms with Gasteiger partial charge in [0.1, 0.15) is 0 Å². The number of nitrogens with zero attached hydrogens (tertiary/aromatic N) is 3. The lowest BCUT2D eigenvalue weighted by Gasteiger charge is -2.31.